The lowest BCUT2D eigenvalue weighted by atomic mass is 9.93. The van der Waals surface area contributed by atoms with Crippen molar-refractivity contribution in [2.24, 2.45) is 0 Å². The standard InChI is InChI=1S/C24H22FN5O5S/c1-36(32,33)17-7-8-19(18(25)13-17)28-23-22-21(26-14-27-23)20(29-35-22)15-9-11-30(12-10-15)24(31)34-16-5-3-2-4-6-16/h2-8,13-15H,9-12H2,1H3,(H,26,27,28). The minimum atomic E-state index is -3.54. The molecule has 5 rings (SSSR count). The second kappa shape index (κ2) is 9.53. The summed E-state index contributed by atoms with van der Waals surface area (Å²) in [4.78, 5) is 22.4. The van der Waals surface area contributed by atoms with Crippen molar-refractivity contribution in [1.82, 2.24) is 20.0 Å². The first-order valence-corrected chi connectivity index (χ1v) is 13.1. The van der Waals surface area contributed by atoms with Crippen LogP contribution in [0.15, 0.2) is 64.3 Å². The van der Waals surface area contributed by atoms with Crippen molar-refractivity contribution in [3.63, 3.8) is 0 Å². The topological polar surface area (TPSA) is 128 Å². The zero-order chi connectivity index (χ0) is 25.3. The fraction of sp³-hybridized carbons (Fsp3) is 0.250. The summed E-state index contributed by atoms with van der Waals surface area (Å²) in [6.07, 6.45) is 3.21. The molecule has 0 atom stereocenters. The molecule has 1 saturated heterocycles. The van der Waals surface area contributed by atoms with Crippen LogP contribution >= 0.6 is 0 Å². The smallest absolute Gasteiger partial charge is 0.410 e. The molecule has 1 aliphatic rings. The van der Waals surface area contributed by atoms with Crippen LogP contribution in [0.25, 0.3) is 11.1 Å². The summed E-state index contributed by atoms with van der Waals surface area (Å²) < 4.78 is 48.8. The molecule has 0 aliphatic carbocycles. The highest BCUT2D eigenvalue weighted by atomic mass is 32.2. The van der Waals surface area contributed by atoms with E-state index in [1.165, 1.54) is 18.5 Å². The summed E-state index contributed by atoms with van der Waals surface area (Å²) in [7, 11) is -3.54. The molecule has 0 radical (unpaired) electrons. The van der Waals surface area contributed by atoms with Crippen LogP contribution < -0.4 is 10.1 Å². The number of likely N-dealkylation sites (tertiary alicyclic amines) is 1. The number of nitrogens with zero attached hydrogens (tertiary/aromatic N) is 4. The van der Waals surface area contributed by atoms with Crippen molar-refractivity contribution >= 4 is 38.5 Å². The van der Waals surface area contributed by atoms with Crippen molar-refractivity contribution < 1.29 is 26.9 Å². The molecule has 2 aromatic carbocycles. The van der Waals surface area contributed by atoms with Gasteiger partial charge in [-0.15, -0.1) is 0 Å². The highest BCUT2D eigenvalue weighted by Crippen LogP contribution is 2.34. The Bertz CT molecular complexity index is 1520. The van der Waals surface area contributed by atoms with Gasteiger partial charge in [-0.25, -0.2) is 27.6 Å². The van der Waals surface area contributed by atoms with Gasteiger partial charge in [0.25, 0.3) is 0 Å². The fourth-order valence-electron chi connectivity index (χ4n) is 4.08. The van der Waals surface area contributed by atoms with Gasteiger partial charge in [0.2, 0.25) is 5.58 Å². The van der Waals surface area contributed by atoms with Crippen molar-refractivity contribution in [3.8, 4) is 5.75 Å². The number of carbonyl (C=O) groups excluding carboxylic acids is 1. The summed E-state index contributed by atoms with van der Waals surface area (Å²) >= 11 is 0. The molecule has 0 saturated carbocycles. The van der Waals surface area contributed by atoms with Crippen molar-refractivity contribution in [2.75, 3.05) is 24.7 Å². The lowest BCUT2D eigenvalue weighted by molar-refractivity contribution is 0.138. The summed E-state index contributed by atoms with van der Waals surface area (Å²) in [5.74, 6) is -0.0559. The second-order valence-electron chi connectivity index (χ2n) is 8.45. The number of piperidine rings is 1. The lowest BCUT2D eigenvalue weighted by Gasteiger charge is -2.30. The molecule has 1 amide bonds. The SMILES string of the molecule is CS(=O)(=O)c1ccc(Nc2ncnc3c(C4CCN(C(=O)Oc5ccccc5)CC4)noc23)c(F)c1. The largest absolute Gasteiger partial charge is 0.415 e. The molecule has 1 N–H and O–H groups in total. The highest BCUT2D eigenvalue weighted by molar-refractivity contribution is 7.90. The van der Waals surface area contributed by atoms with Gasteiger partial charge in [-0.1, -0.05) is 23.4 Å². The van der Waals surface area contributed by atoms with Crippen LogP contribution in [0.5, 0.6) is 5.75 Å². The van der Waals surface area contributed by atoms with Gasteiger partial charge in [0.05, 0.1) is 10.6 Å². The third-order valence-electron chi connectivity index (χ3n) is 5.99. The number of hydrogen-bond donors (Lipinski definition) is 1. The molecular weight excluding hydrogens is 489 g/mol. The van der Waals surface area contributed by atoms with E-state index in [0.29, 0.717) is 42.9 Å². The van der Waals surface area contributed by atoms with E-state index in [1.807, 2.05) is 6.07 Å². The van der Waals surface area contributed by atoms with E-state index in [2.05, 4.69) is 20.4 Å². The number of benzene rings is 2. The van der Waals surface area contributed by atoms with Gasteiger partial charge < -0.3 is 19.5 Å². The molecule has 2 aromatic heterocycles. The number of aromatic nitrogens is 3. The Morgan fingerprint density at radius 3 is 2.58 bits per heavy atom. The number of hydrogen-bond acceptors (Lipinski definition) is 9. The Balaban J connectivity index is 1.30. The van der Waals surface area contributed by atoms with Crippen LogP contribution in [0.2, 0.25) is 0 Å². The van der Waals surface area contributed by atoms with Gasteiger partial charge in [0.1, 0.15) is 29.1 Å². The number of sulfone groups is 1. The Hall–Kier alpha value is -4.06. The van der Waals surface area contributed by atoms with Gasteiger partial charge in [-0.2, -0.15) is 0 Å². The number of rotatable bonds is 5. The molecule has 0 bridgehead atoms. The number of ether oxygens (including phenoxy) is 1. The highest BCUT2D eigenvalue weighted by Gasteiger charge is 2.29. The van der Waals surface area contributed by atoms with Crippen LogP contribution in [-0.2, 0) is 9.84 Å². The van der Waals surface area contributed by atoms with E-state index in [-0.39, 0.29) is 27.9 Å². The monoisotopic (exact) mass is 511 g/mol. The van der Waals surface area contributed by atoms with Crippen molar-refractivity contribution in [2.45, 2.75) is 23.7 Å². The summed E-state index contributed by atoms with van der Waals surface area (Å²) in [5.41, 5.74) is 1.42. The van der Waals surface area contributed by atoms with Crippen LogP contribution in [0.4, 0.5) is 20.7 Å². The molecule has 0 unspecified atom stereocenters. The summed E-state index contributed by atoms with van der Waals surface area (Å²) in [6, 6.07) is 12.5. The van der Waals surface area contributed by atoms with Gasteiger partial charge in [0, 0.05) is 25.3 Å². The average Bonchev–Trinajstić information content (AvgIpc) is 3.30. The van der Waals surface area contributed by atoms with Crippen molar-refractivity contribution in [3.05, 3.63) is 66.4 Å². The normalized spacial score (nSPS) is 14.7. The van der Waals surface area contributed by atoms with E-state index in [1.54, 1.807) is 29.2 Å². The summed E-state index contributed by atoms with van der Waals surface area (Å²) in [6.45, 7) is 0.970. The molecule has 1 fully saturated rings. The predicted octanol–water partition coefficient (Wildman–Crippen LogP) is 4.28. The maximum absolute atomic E-state index is 14.5. The molecule has 3 heterocycles. The number of para-hydroxylation sites is 1. The van der Waals surface area contributed by atoms with E-state index in [9.17, 15) is 17.6 Å². The number of fused-ring (bicyclic) bond motifs is 1. The Morgan fingerprint density at radius 2 is 1.89 bits per heavy atom. The van der Waals surface area contributed by atoms with Gasteiger partial charge in [-0.3, -0.25) is 0 Å². The van der Waals surface area contributed by atoms with Crippen molar-refractivity contribution in [1.29, 1.82) is 0 Å². The minimum absolute atomic E-state index is 0.000515. The minimum Gasteiger partial charge on any atom is -0.410 e. The Labute approximate surface area is 206 Å². The first kappa shape index (κ1) is 23.7. The van der Waals surface area contributed by atoms with Crippen LogP contribution in [0.1, 0.15) is 24.5 Å². The van der Waals surface area contributed by atoms with Gasteiger partial charge >= 0.3 is 6.09 Å². The number of nitrogens with one attached hydrogen (secondary N) is 1. The van der Waals surface area contributed by atoms with Gasteiger partial charge in [0.15, 0.2) is 15.7 Å². The van der Waals surface area contributed by atoms with E-state index >= 15 is 0 Å². The van der Waals surface area contributed by atoms with E-state index in [0.717, 1.165) is 12.3 Å². The number of carbonyl (C=O) groups is 1. The number of halogens is 1. The van der Waals surface area contributed by atoms with Crippen LogP contribution in [0, 0.1) is 5.82 Å². The molecule has 12 heteroatoms. The zero-order valence-electron chi connectivity index (χ0n) is 19.2. The van der Waals surface area contributed by atoms with Crippen LogP contribution in [-0.4, -0.2) is 53.9 Å². The average molecular weight is 512 g/mol. The molecule has 36 heavy (non-hydrogen) atoms. The van der Waals surface area contributed by atoms with Crippen LogP contribution in [0.3, 0.4) is 0 Å². The lowest BCUT2D eigenvalue weighted by Crippen LogP contribution is -2.39. The van der Waals surface area contributed by atoms with E-state index in [4.69, 9.17) is 9.26 Å². The second-order valence-corrected chi connectivity index (χ2v) is 10.5. The number of amides is 1. The maximum atomic E-state index is 14.5. The third kappa shape index (κ3) is 4.85. The Morgan fingerprint density at radius 1 is 1.14 bits per heavy atom. The zero-order valence-corrected chi connectivity index (χ0v) is 20.0. The summed E-state index contributed by atoms with van der Waals surface area (Å²) in [5, 5.41) is 7.03. The van der Waals surface area contributed by atoms with E-state index < -0.39 is 21.7 Å². The molecule has 186 valence electrons. The Kier molecular flexibility index (Phi) is 6.27. The quantitative estimate of drug-likeness (QED) is 0.417. The molecule has 1 aliphatic heterocycles. The maximum Gasteiger partial charge on any atom is 0.415 e. The molecular formula is C24H22FN5O5S. The fourth-order valence-corrected chi connectivity index (χ4v) is 4.72. The molecule has 10 nitrogen and oxygen atoms in total. The number of anilines is 2. The predicted molar refractivity (Wildman–Crippen MR) is 128 cm³/mol. The first-order chi connectivity index (χ1) is 17.3. The molecule has 0 spiro atoms. The van der Waals surface area contributed by atoms with Gasteiger partial charge in [-0.05, 0) is 43.2 Å². The first-order valence-electron chi connectivity index (χ1n) is 11.2. The third-order valence-corrected chi connectivity index (χ3v) is 7.10. The molecule has 4 aromatic rings.